The molecule has 5 rings (SSSR count). The lowest BCUT2D eigenvalue weighted by atomic mass is 9.43. The Kier molecular flexibility index (Phi) is 4.19. The molecule has 5 aliphatic rings. The van der Waals surface area contributed by atoms with Gasteiger partial charge in [-0.15, -0.1) is 0 Å². The van der Waals surface area contributed by atoms with Crippen LogP contribution in [-0.2, 0) is 19.1 Å². The highest BCUT2D eigenvalue weighted by Crippen LogP contribution is 2.67. The number of Topliss-reactive ketones (excluding diaryl/α,β-unsaturated/α-hetero) is 2. The van der Waals surface area contributed by atoms with Gasteiger partial charge < -0.3 is 14.6 Å². The molecule has 5 fully saturated rings. The molecule has 0 unspecified atom stereocenters. The summed E-state index contributed by atoms with van der Waals surface area (Å²) in [6.07, 6.45) is 5.24. The molecule has 8 atom stereocenters. The fourth-order valence-corrected chi connectivity index (χ4v) is 8.56. The maximum absolute atomic E-state index is 13.5. The van der Waals surface area contributed by atoms with Crippen molar-refractivity contribution in [3.05, 3.63) is 0 Å². The highest BCUT2D eigenvalue weighted by molar-refractivity contribution is 5.87. The van der Waals surface area contributed by atoms with E-state index in [2.05, 4.69) is 13.8 Å². The summed E-state index contributed by atoms with van der Waals surface area (Å²) >= 11 is 0. The summed E-state index contributed by atoms with van der Waals surface area (Å²) < 4.78 is 11.8. The summed E-state index contributed by atoms with van der Waals surface area (Å²) in [4.78, 5) is 25.8. The highest BCUT2D eigenvalue weighted by Gasteiger charge is 2.67. The summed E-state index contributed by atoms with van der Waals surface area (Å²) in [7, 11) is 0. The van der Waals surface area contributed by atoms with Gasteiger partial charge >= 0.3 is 0 Å². The molecule has 4 aliphatic carbocycles. The second-order valence-corrected chi connectivity index (χ2v) is 10.8. The molecule has 156 valence electrons. The molecule has 1 spiro atoms. The third-order valence-corrected chi connectivity index (χ3v) is 9.73. The molecule has 0 aromatic carbocycles. The normalized spacial score (nSPS) is 52.2. The van der Waals surface area contributed by atoms with Crippen molar-refractivity contribution in [1.29, 1.82) is 0 Å². The molecule has 28 heavy (non-hydrogen) atoms. The van der Waals surface area contributed by atoms with Crippen LogP contribution in [0.1, 0.15) is 65.7 Å². The van der Waals surface area contributed by atoms with Crippen LogP contribution in [0, 0.1) is 40.4 Å². The van der Waals surface area contributed by atoms with Crippen LogP contribution in [0.25, 0.3) is 0 Å². The number of carbonyl (C=O) groups is 2. The van der Waals surface area contributed by atoms with Crippen LogP contribution >= 0.6 is 0 Å². The predicted molar refractivity (Wildman–Crippen MR) is 102 cm³/mol. The number of hydrogen-bond acceptors (Lipinski definition) is 5. The molecule has 1 aliphatic heterocycles. The number of hydrogen-bond donors (Lipinski definition) is 1. The number of rotatable bonds is 1. The summed E-state index contributed by atoms with van der Waals surface area (Å²) in [5.41, 5.74) is -0.620. The second kappa shape index (κ2) is 6.12. The fourth-order valence-electron chi connectivity index (χ4n) is 8.56. The van der Waals surface area contributed by atoms with Gasteiger partial charge in [0.05, 0.1) is 25.7 Å². The zero-order chi connectivity index (χ0) is 19.9. The highest BCUT2D eigenvalue weighted by atomic mass is 16.7. The molecule has 1 heterocycles. The molecule has 0 radical (unpaired) electrons. The largest absolute Gasteiger partial charge is 0.393 e. The quantitative estimate of drug-likeness (QED) is 0.745. The van der Waals surface area contributed by atoms with Crippen molar-refractivity contribution in [2.24, 2.45) is 40.4 Å². The van der Waals surface area contributed by atoms with Gasteiger partial charge in [-0.05, 0) is 62.2 Å². The van der Waals surface area contributed by atoms with Gasteiger partial charge in [-0.3, -0.25) is 9.59 Å². The summed E-state index contributed by atoms with van der Waals surface area (Å²) in [6.45, 7) is 7.18. The Balaban J connectivity index is 1.49. The van der Waals surface area contributed by atoms with Crippen molar-refractivity contribution >= 4 is 11.6 Å². The van der Waals surface area contributed by atoms with Crippen LogP contribution in [-0.4, -0.2) is 41.8 Å². The van der Waals surface area contributed by atoms with E-state index in [1.54, 1.807) is 6.92 Å². The topological polar surface area (TPSA) is 72.8 Å². The SMILES string of the molecule is CC(=O)[C@@H]1CC[C@H]2[C@H]3CC[C@H]4CC5(CC(=O)[C@]4(C)[C@@H]3[C@@H](O)C[C@]12C)OCCO5. The van der Waals surface area contributed by atoms with Crippen molar-refractivity contribution in [3.63, 3.8) is 0 Å². The van der Waals surface area contributed by atoms with Gasteiger partial charge in [0, 0.05) is 23.7 Å². The maximum atomic E-state index is 13.5. The second-order valence-electron chi connectivity index (χ2n) is 10.8. The first-order valence-corrected chi connectivity index (χ1v) is 11.2. The summed E-state index contributed by atoms with van der Waals surface area (Å²) in [6, 6.07) is 0. The molecule has 1 saturated heterocycles. The number of aliphatic hydroxyl groups is 1. The van der Waals surface area contributed by atoms with Gasteiger partial charge in [0.25, 0.3) is 0 Å². The molecule has 0 aromatic heterocycles. The van der Waals surface area contributed by atoms with E-state index in [9.17, 15) is 14.7 Å². The molecule has 0 bridgehead atoms. The molecule has 4 saturated carbocycles. The van der Waals surface area contributed by atoms with Gasteiger partial charge in [0.2, 0.25) is 0 Å². The number of aliphatic hydroxyl groups excluding tert-OH is 1. The maximum Gasteiger partial charge on any atom is 0.175 e. The van der Waals surface area contributed by atoms with E-state index in [1.807, 2.05) is 0 Å². The number of fused-ring (bicyclic) bond motifs is 5. The van der Waals surface area contributed by atoms with E-state index in [0.29, 0.717) is 37.9 Å². The Morgan fingerprint density at radius 2 is 1.79 bits per heavy atom. The van der Waals surface area contributed by atoms with Crippen molar-refractivity contribution < 1.29 is 24.2 Å². The van der Waals surface area contributed by atoms with Crippen LogP contribution < -0.4 is 0 Å². The minimum atomic E-state index is -0.713. The Labute approximate surface area is 167 Å². The van der Waals surface area contributed by atoms with Crippen LogP contribution in [0.3, 0.4) is 0 Å². The number of carbonyl (C=O) groups excluding carboxylic acids is 2. The van der Waals surface area contributed by atoms with Gasteiger partial charge in [-0.2, -0.15) is 0 Å². The van der Waals surface area contributed by atoms with E-state index in [4.69, 9.17) is 9.47 Å². The van der Waals surface area contributed by atoms with Crippen LogP contribution in [0.2, 0.25) is 0 Å². The third kappa shape index (κ3) is 2.36. The van der Waals surface area contributed by atoms with Crippen molar-refractivity contribution in [1.82, 2.24) is 0 Å². The lowest BCUT2D eigenvalue weighted by Gasteiger charge is -2.62. The van der Waals surface area contributed by atoms with Gasteiger partial charge in [0.15, 0.2) is 5.79 Å². The first-order valence-electron chi connectivity index (χ1n) is 11.2. The lowest BCUT2D eigenvalue weighted by molar-refractivity contribution is -0.231. The van der Waals surface area contributed by atoms with E-state index in [-0.39, 0.29) is 34.7 Å². The monoisotopic (exact) mass is 390 g/mol. The molecule has 5 nitrogen and oxygen atoms in total. The van der Waals surface area contributed by atoms with Gasteiger partial charge in [-0.25, -0.2) is 0 Å². The first kappa shape index (κ1) is 19.2. The summed E-state index contributed by atoms with van der Waals surface area (Å²) in [5, 5.41) is 11.4. The van der Waals surface area contributed by atoms with E-state index in [1.165, 1.54) is 0 Å². The molecule has 5 heteroatoms. The Morgan fingerprint density at radius 1 is 1.07 bits per heavy atom. The fraction of sp³-hybridized carbons (Fsp3) is 0.913. The molecule has 1 N–H and O–H groups in total. The number of ketones is 2. The van der Waals surface area contributed by atoms with Crippen molar-refractivity contribution in [3.8, 4) is 0 Å². The molecule has 0 aromatic rings. The Hall–Kier alpha value is -0.780. The van der Waals surface area contributed by atoms with Gasteiger partial charge in [-0.1, -0.05) is 13.8 Å². The zero-order valence-electron chi connectivity index (χ0n) is 17.4. The predicted octanol–water partition coefficient (Wildman–Crippen LogP) is 3.13. The Bertz CT molecular complexity index is 697. The van der Waals surface area contributed by atoms with Gasteiger partial charge in [0.1, 0.15) is 11.6 Å². The molecular weight excluding hydrogens is 356 g/mol. The van der Waals surface area contributed by atoms with Crippen LogP contribution in [0.15, 0.2) is 0 Å². The zero-order valence-corrected chi connectivity index (χ0v) is 17.4. The smallest absolute Gasteiger partial charge is 0.175 e. The Morgan fingerprint density at radius 3 is 2.46 bits per heavy atom. The van der Waals surface area contributed by atoms with Crippen molar-refractivity contribution in [2.45, 2.75) is 77.6 Å². The first-order chi connectivity index (χ1) is 13.2. The number of ether oxygens (including phenoxy) is 2. The molecule has 0 amide bonds. The van der Waals surface area contributed by atoms with Crippen LogP contribution in [0.5, 0.6) is 0 Å². The lowest BCUT2D eigenvalue weighted by Crippen LogP contribution is -2.64. The van der Waals surface area contributed by atoms with E-state index >= 15 is 0 Å². The van der Waals surface area contributed by atoms with Crippen LogP contribution in [0.4, 0.5) is 0 Å². The van der Waals surface area contributed by atoms with E-state index < -0.39 is 17.3 Å². The minimum Gasteiger partial charge on any atom is -0.393 e. The average molecular weight is 391 g/mol. The minimum absolute atomic E-state index is 0.00119. The average Bonchev–Trinajstić information content (AvgIpc) is 3.20. The van der Waals surface area contributed by atoms with Crippen molar-refractivity contribution in [2.75, 3.05) is 13.2 Å². The third-order valence-electron chi connectivity index (χ3n) is 9.73. The molecular formula is C23H34O5. The summed E-state index contributed by atoms with van der Waals surface area (Å²) in [5.74, 6) is 0.807. The van der Waals surface area contributed by atoms with E-state index in [0.717, 1.165) is 32.1 Å². The standard InChI is InChI=1S/C23H34O5/c1-13(24)16-6-7-17-15-5-4-14-10-23(27-8-9-28-23)12-19(26)22(14,3)20(15)18(25)11-21(16,17)2/h14-18,20,25H,4-12H2,1-3H3/t14-,15+,16-,17-,18-,20-,21+,22+/m0/s1.